The summed E-state index contributed by atoms with van der Waals surface area (Å²) in [4.78, 5) is 13.5. The molecule has 1 N–H and O–H groups in total. The summed E-state index contributed by atoms with van der Waals surface area (Å²) in [5.74, 6) is 0.550. The molecule has 1 aliphatic heterocycles. The maximum Gasteiger partial charge on any atom is 0.317 e. The number of nitrogens with one attached hydrogen (secondary N) is 1. The summed E-state index contributed by atoms with van der Waals surface area (Å²) in [6.45, 7) is 8.25. The summed E-state index contributed by atoms with van der Waals surface area (Å²) in [7, 11) is 0. The van der Waals surface area contributed by atoms with E-state index in [1.54, 1.807) is 0 Å². The van der Waals surface area contributed by atoms with Crippen LogP contribution in [0, 0.1) is 5.92 Å². The lowest BCUT2D eigenvalue weighted by Crippen LogP contribution is -2.52. The van der Waals surface area contributed by atoms with Crippen molar-refractivity contribution >= 4 is 6.03 Å². The van der Waals surface area contributed by atoms with E-state index < -0.39 is 0 Å². The van der Waals surface area contributed by atoms with E-state index in [4.69, 9.17) is 0 Å². The summed E-state index contributed by atoms with van der Waals surface area (Å²) in [6.07, 6.45) is 2.13. The van der Waals surface area contributed by atoms with E-state index in [0.29, 0.717) is 12.0 Å². The zero-order valence-electron chi connectivity index (χ0n) is 8.84. The van der Waals surface area contributed by atoms with Gasteiger partial charge in [-0.3, -0.25) is 0 Å². The van der Waals surface area contributed by atoms with Gasteiger partial charge in [-0.25, -0.2) is 4.79 Å². The second-order valence-corrected chi connectivity index (χ2v) is 4.00. The summed E-state index contributed by atoms with van der Waals surface area (Å²) < 4.78 is 0. The first kappa shape index (κ1) is 10.4. The van der Waals surface area contributed by atoms with Gasteiger partial charge in [0.05, 0.1) is 0 Å². The van der Waals surface area contributed by atoms with Crippen molar-refractivity contribution < 1.29 is 4.79 Å². The molecule has 3 heteroatoms. The molecule has 1 rings (SSSR count). The molecule has 0 aromatic heterocycles. The highest BCUT2D eigenvalue weighted by molar-refractivity contribution is 5.75. The van der Waals surface area contributed by atoms with Crippen LogP contribution in [-0.2, 0) is 0 Å². The molecule has 2 amide bonds. The normalized spacial score (nSPS) is 20.3. The fourth-order valence-corrected chi connectivity index (χ4v) is 2.02. The van der Waals surface area contributed by atoms with Crippen molar-refractivity contribution in [3.05, 3.63) is 0 Å². The third-order valence-corrected chi connectivity index (χ3v) is 2.70. The summed E-state index contributed by atoms with van der Waals surface area (Å²) in [5.41, 5.74) is 0. The van der Waals surface area contributed by atoms with E-state index in [9.17, 15) is 4.79 Å². The van der Waals surface area contributed by atoms with Gasteiger partial charge in [0.2, 0.25) is 0 Å². The Morgan fingerprint density at radius 2 is 2.23 bits per heavy atom. The van der Waals surface area contributed by atoms with Crippen LogP contribution in [0.3, 0.4) is 0 Å². The summed E-state index contributed by atoms with van der Waals surface area (Å²) in [6, 6.07) is 0.520. The Morgan fingerprint density at radius 3 is 2.69 bits per heavy atom. The Bertz CT molecular complexity index is 180. The molecule has 1 aliphatic rings. The summed E-state index contributed by atoms with van der Waals surface area (Å²) in [5, 5.41) is 2.89. The molecule has 1 heterocycles. The monoisotopic (exact) mass is 184 g/mol. The van der Waals surface area contributed by atoms with Crippen LogP contribution in [0.2, 0.25) is 0 Å². The van der Waals surface area contributed by atoms with Gasteiger partial charge in [-0.1, -0.05) is 20.8 Å². The van der Waals surface area contributed by atoms with Crippen molar-refractivity contribution in [2.45, 2.75) is 39.7 Å². The van der Waals surface area contributed by atoms with Crippen LogP contribution in [0.25, 0.3) is 0 Å². The smallest absolute Gasteiger partial charge is 0.317 e. The minimum Gasteiger partial charge on any atom is -0.338 e. The van der Waals surface area contributed by atoms with Gasteiger partial charge in [0, 0.05) is 19.1 Å². The van der Waals surface area contributed by atoms with Crippen LogP contribution in [0.15, 0.2) is 0 Å². The fraction of sp³-hybridized carbons (Fsp3) is 0.900. The lowest BCUT2D eigenvalue weighted by Gasteiger charge is -2.36. The van der Waals surface area contributed by atoms with Crippen LogP contribution >= 0.6 is 0 Å². The Kier molecular flexibility index (Phi) is 3.58. The first-order valence-electron chi connectivity index (χ1n) is 5.21. The number of rotatable bonds is 3. The molecule has 3 nitrogen and oxygen atoms in total. The molecule has 0 aromatic rings. The lowest BCUT2D eigenvalue weighted by molar-refractivity contribution is 0.139. The van der Waals surface area contributed by atoms with Crippen LogP contribution in [0.5, 0.6) is 0 Å². The lowest BCUT2D eigenvalue weighted by atomic mass is 9.99. The molecule has 1 unspecified atom stereocenters. The van der Waals surface area contributed by atoms with E-state index in [2.05, 4.69) is 26.1 Å². The second kappa shape index (κ2) is 4.49. The number of hydrogen-bond acceptors (Lipinski definition) is 1. The average molecular weight is 184 g/mol. The highest BCUT2D eigenvalue weighted by atomic mass is 16.2. The molecular formula is C10H20N2O. The fourth-order valence-electron chi connectivity index (χ4n) is 2.02. The molecule has 0 spiro atoms. The SMILES string of the molecule is CCC(C(C)C)N1CCCNC1=O. The predicted molar refractivity (Wildman–Crippen MR) is 53.6 cm³/mol. The largest absolute Gasteiger partial charge is 0.338 e. The van der Waals surface area contributed by atoms with Gasteiger partial charge in [-0.15, -0.1) is 0 Å². The van der Waals surface area contributed by atoms with Crippen molar-refractivity contribution in [3.63, 3.8) is 0 Å². The molecule has 13 heavy (non-hydrogen) atoms. The minimum atomic E-state index is 0.117. The van der Waals surface area contributed by atoms with E-state index in [-0.39, 0.29) is 6.03 Å². The van der Waals surface area contributed by atoms with Gasteiger partial charge < -0.3 is 10.2 Å². The zero-order valence-corrected chi connectivity index (χ0v) is 8.84. The topological polar surface area (TPSA) is 32.3 Å². The minimum absolute atomic E-state index is 0.117. The molecule has 0 saturated carbocycles. The quantitative estimate of drug-likeness (QED) is 0.713. The highest BCUT2D eigenvalue weighted by Gasteiger charge is 2.26. The van der Waals surface area contributed by atoms with Gasteiger partial charge in [-0.05, 0) is 18.8 Å². The second-order valence-electron chi connectivity index (χ2n) is 4.00. The molecule has 1 saturated heterocycles. The molecule has 0 bridgehead atoms. The van der Waals surface area contributed by atoms with E-state index in [1.165, 1.54) is 0 Å². The number of amides is 2. The van der Waals surface area contributed by atoms with Gasteiger partial charge in [0.25, 0.3) is 0 Å². The molecule has 76 valence electrons. The predicted octanol–water partition coefficient (Wildman–Crippen LogP) is 1.84. The maximum atomic E-state index is 11.5. The Hall–Kier alpha value is -0.730. The molecule has 0 aliphatic carbocycles. The third kappa shape index (κ3) is 2.36. The van der Waals surface area contributed by atoms with Crippen LogP contribution in [0.4, 0.5) is 4.79 Å². The Balaban J connectivity index is 2.60. The van der Waals surface area contributed by atoms with Crippen LogP contribution in [-0.4, -0.2) is 30.1 Å². The average Bonchev–Trinajstić information content (AvgIpc) is 2.09. The molecule has 0 radical (unpaired) electrons. The van der Waals surface area contributed by atoms with E-state index in [1.807, 2.05) is 4.90 Å². The van der Waals surface area contributed by atoms with Crippen molar-refractivity contribution in [3.8, 4) is 0 Å². The van der Waals surface area contributed by atoms with Gasteiger partial charge in [-0.2, -0.15) is 0 Å². The van der Waals surface area contributed by atoms with E-state index in [0.717, 1.165) is 25.9 Å². The highest BCUT2D eigenvalue weighted by Crippen LogP contribution is 2.16. The Labute approximate surface area is 80.5 Å². The maximum absolute atomic E-state index is 11.5. The number of nitrogens with zero attached hydrogens (tertiary/aromatic N) is 1. The van der Waals surface area contributed by atoms with Crippen molar-refractivity contribution in [2.75, 3.05) is 13.1 Å². The first-order valence-corrected chi connectivity index (χ1v) is 5.21. The third-order valence-electron chi connectivity index (χ3n) is 2.70. The van der Waals surface area contributed by atoms with Gasteiger partial charge in [0.15, 0.2) is 0 Å². The van der Waals surface area contributed by atoms with Crippen molar-refractivity contribution in [1.29, 1.82) is 0 Å². The molecule has 1 atom stereocenters. The molecular weight excluding hydrogens is 164 g/mol. The number of hydrogen-bond donors (Lipinski definition) is 1. The number of carbonyl (C=O) groups excluding carboxylic acids is 1. The van der Waals surface area contributed by atoms with E-state index >= 15 is 0 Å². The Morgan fingerprint density at radius 1 is 1.54 bits per heavy atom. The first-order chi connectivity index (χ1) is 6.16. The summed E-state index contributed by atoms with van der Waals surface area (Å²) >= 11 is 0. The standard InChI is InChI=1S/C10H20N2O/c1-4-9(8(2)3)12-7-5-6-11-10(12)13/h8-9H,4-7H2,1-3H3,(H,11,13). The number of carbonyl (C=O) groups is 1. The van der Waals surface area contributed by atoms with Crippen molar-refractivity contribution in [1.82, 2.24) is 10.2 Å². The van der Waals surface area contributed by atoms with Crippen molar-refractivity contribution in [2.24, 2.45) is 5.92 Å². The van der Waals surface area contributed by atoms with Gasteiger partial charge in [0.1, 0.15) is 0 Å². The molecule has 1 fully saturated rings. The molecule has 0 aromatic carbocycles. The zero-order chi connectivity index (χ0) is 9.84. The number of urea groups is 1. The van der Waals surface area contributed by atoms with Crippen LogP contribution in [0.1, 0.15) is 33.6 Å². The van der Waals surface area contributed by atoms with Gasteiger partial charge >= 0.3 is 6.03 Å². The van der Waals surface area contributed by atoms with Crippen LogP contribution < -0.4 is 5.32 Å².